The summed E-state index contributed by atoms with van der Waals surface area (Å²) in [6, 6.07) is 0. The van der Waals surface area contributed by atoms with Crippen molar-refractivity contribution in [2.75, 3.05) is 17.3 Å². The van der Waals surface area contributed by atoms with Crippen molar-refractivity contribution >= 4 is 55.2 Å². The minimum atomic E-state index is 0. The maximum absolute atomic E-state index is 4.39. The van der Waals surface area contributed by atoms with Crippen molar-refractivity contribution < 1.29 is 0 Å². The molecule has 0 fully saturated rings. The second kappa shape index (κ2) is 46.3. The standard InChI is InChI=1S/3C2H6S.Al/c3*1-2-3;/h3*3H,2H2,1H3;/q;;;+3/p-3. The molecular formula is C6H15AlS3. The third-order valence-electron chi connectivity index (χ3n) is 0. The summed E-state index contributed by atoms with van der Waals surface area (Å²) >= 11 is 13.2. The topological polar surface area (TPSA) is 0 Å². The smallest absolute Gasteiger partial charge is 0.793 e. The predicted molar refractivity (Wildman–Crippen MR) is 59.5 cm³/mol. The molecule has 4 heteroatoms. The Bertz CT molecular complexity index is 17.7. The molecule has 0 aliphatic rings. The Morgan fingerprint density at radius 1 is 0.700 bits per heavy atom. The Balaban J connectivity index is -0.0000000257. The van der Waals surface area contributed by atoms with Gasteiger partial charge in [0.1, 0.15) is 0 Å². The van der Waals surface area contributed by atoms with E-state index in [4.69, 9.17) is 0 Å². The average molecular weight is 210 g/mol. The first-order chi connectivity index (χ1) is 4.24. The zero-order valence-corrected chi connectivity index (χ0v) is 10.5. The van der Waals surface area contributed by atoms with Crippen LogP contribution in [-0.4, -0.2) is 34.6 Å². The van der Waals surface area contributed by atoms with Gasteiger partial charge in [-0.2, -0.15) is 17.3 Å². The van der Waals surface area contributed by atoms with Crippen molar-refractivity contribution in [2.24, 2.45) is 0 Å². The summed E-state index contributed by atoms with van der Waals surface area (Å²) in [5.41, 5.74) is 0. The van der Waals surface area contributed by atoms with Crippen molar-refractivity contribution in [3.05, 3.63) is 0 Å². The van der Waals surface area contributed by atoms with Crippen LogP contribution in [0.3, 0.4) is 0 Å². The van der Waals surface area contributed by atoms with Crippen molar-refractivity contribution in [1.82, 2.24) is 0 Å². The fourth-order valence-electron chi connectivity index (χ4n) is 0. The van der Waals surface area contributed by atoms with Gasteiger partial charge >= 0.3 is 17.4 Å². The van der Waals surface area contributed by atoms with Gasteiger partial charge in [-0.3, -0.25) is 0 Å². The van der Waals surface area contributed by atoms with Gasteiger partial charge in [-0.1, -0.05) is 20.8 Å². The molecule has 0 aliphatic carbocycles. The molecule has 0 spiro atoms. The summed E-state index contributed by atoms with van der Waals surface area (Å²) in [7, 11) is 0. The molecular weight excluding hydrogens is 195 g/mol. The van der Waals surface area contributed by atoms with Gasteiger partial charge in [0.15, 0.2) is 0 Å². The molecule has 0 heterocycles. The van der Waals surface area contributed by atoms with E-state index in [1.165, 1.54) is 0 Å². The van der Waals surface area contributed by atoms with Crippen molar-refractivity contribution in [2.45, 2.75) is 20.8 Å². The van der Waals surface area contributed by atoms with E-state index >= 15 is 0 Å². The summed E-state index contributed by atoms with van der Waals surface area (Å²) in [6.07, 6.45) is 0. The summed E-state index contributed by atoms with van der Waals surface area (Å²) in [4.78, 5) is 0. The van der Waals surface area contributed by atoms with Crippen molar-refractivity contribution in [1.29, 1.82) is 0 Å². The maximum atomic E-state index is 4.39. The van der Waals surface area contributed by atoms with Gasteiger partial charge in [-0.15, -0.1) is 0 Å². The van der Waals surface area contributed by atoms with Gasteiger partial charge in [0.25, 0.3) is 0 Å². The Morgan fingerprint density at radius 3 is 0.700 bits per heavy atom. The van der Waals surface area contributed by atoms with Crippen LogP contribution >= 0.6 is 0 Å². The van der Waals surface area contributed by atoms with Crippen LogP contribution in [-0.2, 0) is 37.9 Å². The van der Waals surface area contributed by atoms with Crippen molar-refractivity contribution in [3.63, 3.8) is 0 Å². The molecule has 60 valence electrons. The molecule has 0 aromatic rings. The average Bonchev–Trinajstić information content (AvgIpc) is 1.70. The molecule has 0 amide bonds. The molecule has 0 atom stereocenters. The molecule has 0 bridgehead atoms. The Morgan fingerprint density at radius 2 is 0.700 bits per heavy atom. The third kappa shape index (κ3) is 282. The Labute approximate surface area is 92.9 Å². The molecule has 0 nitrogen and oxygen atoms in total. The van der Waals surface area contributed by atoms with Crippen LogP contribution in [0.15, 0.2) is 0 Å². The van der Waals surface area contributed by atoms with Gasteiger partial charge in [-0.25, -0.2) is 0 Å². The van der Waals surface area contributed by atoms with Crippen LogP contribution in [0, 0.1) is 0 Å². The summed E-state index contributed by atoms with van der Waals surface area (Å²) < 4.78 is 0. The molecule has 0 rings (SSSR count). The largest absolute Gasteiger partial charge is 3.00 e. The van der Waals surface area contributed by atoms with Crippen LogP contribution < -0.4 is 0 Å². The molecule has 0 unspecified atom stereocenters. The van der Waals surface area contributed by atoms with Gasteiger partial charge in [0.05, 0.1) is 0 Å². The van der Waals surface area contributed by atoms with E-state index in [1.54, 1.807) is 0 Å². The van der Waals surface area contributed by atoms with E-state index < -0.39 is 0 Å². The van der Waals surface area contributed by atoms with Crippen LogP contribution in [0.4, 0.5) is 0 Å². The molecule has 0 N–H and O–H groups in total. The Hall–Kier alpha value is 1.58. The van der Waals surface area contributed by atoms with E-state index in [0.717, 1.165) is 17.3 Å². The second-order valence-corrected chi connectivity index (χ2v) is 2.60. The zero-order valence-electron chi connectivity index (χ0n) is 6.92. The fourth-order valence-corrected chi connectivity index (χ4v) is 0. The summed E-state index contributed by atoms with van der Waals surface area (Å²) in [5.74, 6) is 2.50. The quantitative estimate of drug-likeness (QED) is 0.437. The van der Waals surface area contributed by atoms with E-state index in [1.807, 2.05) is 20.8 Å². The SMILES string of the molecule is CC[S-].CC[S-].CC[S-].[Al+3]. The molecule has 0 saturated carbocycles. The first-order valence-corrected chi connectivity index (χ1v) is 4.72. The van der Waals surface area contributed by atoms with Crippen LogP contribution in [0.1, 0.15) is 20.8 Å². The minimum absolute atomic E-state index is 0. The first kappa shape index (κ1) is 22.6. The summed E-state index contributed by atoms with van der Waals surface area (Å²) in [6.45, 7) is 5.82. The van der Waals surface area contributed by atoms with Gasteiger partial charge in [-0.05, 0) is 0 Å². The van der Waals surface area contributed by atoms with Gasteiger partial charge < -0.3 is 37.9 Å². The van der Waals surface area contributed by atoms with E-state index in [9.17, 15) is 0 Å². The predicted octanol–water partition coefficient (Wildman–Crippen LogP) is 1.28. The monoisotopic (exact) mass is 210 g/mol. The minimum Gasteiger partial charge on any atom is -0.793 e. The molecule has 0 radical (unpaired) electrons. The zero-order chi connectivity index (χ0) is 8.12. The van der Waals surface area contributed by atoms with E-state index in [-0.39, 0.29) is 17.4 Å². The Kier molecular flexibility index (Phi) is 104. The molecule has 0 aromatic carbocycles. The van der Waals surface area contributed by atoms with Crippen LogP contribution in [0.2, 0.25) is 0 Å². The molecule has 0 saturated heterocycles. The number of hydrogen-bond acceptors (Lipinski definition) is 3. The first-order valence-electron chi connectivity index (χ1n) is 2.99. The molecule has 0 aromatic heterocycles. The normalized spacial score (nSPS) is 5.40. The van der Waals surface area contributed by atoms with E-state index in [0.29, 0.717) is 0 Å². The van der Waals surface area contributed by atoms with Crippen LogP contribution in [0.5, 0.6) is 0 Å². The van der Waals surface area contributed by atoms with Gasteiger partial charge in [0.2, 0.25) is 0 Å². The van der Waals surface area contributed by atoms with Crippen molar-refractivity contribution in [3.8, 4) is 0 Å². The summed E-state index contributed by atoms with van der Waals surface area (Å²) in [5, 5.41) is 0. The molecule has 10 heavy (non-hydrogen) atoms. The maximum Gasteiger partial charge on any atom is 3.00 e. The number of hydrogen-bond donors (Lipinski definition) is 0. The molecule has 0 aliphatic heterocycles. The van der Waals surface area contributed by atoms with Crippen LogP contribution in [0.25, 0.3) is 0 Å². The van der Waals surface area contributed by atoms with E-state index in [2.05, 4.69) is 37.9 Å². The second-order valence-electron chi connectivity index (χ2n) is 0.866. The fraction of sp³-hybridized carbons (Fsp3) is 1.00. The number of rotatable bonds is 0. The third-order valence-corrected chi connectivity index (χ3v) is 0. The van der Waals surface area contributed by atoms with Gasteiger partial charge in [0, 0.05) is 0 Å².